The molecule has 1 aromatic rings. The van der Waals surface area contributed by atoms with Crippen LogP contribution in [0.15, 0.2) is 23.1 Å². The van der Waals surface area contributed by atoms with Gasteiger partial charge in [-0.3, -0.25) is 0 Å². The molecule has 2 rings (SSSR count). The first-order valence-electron chi connectivity index (χ1n) is 7.10. The number of quaternary nitrogens is 1. The van der Waals surface area contributed by atoms with E-state index in [0.29, 0.717) is 13.2 Å². The van der Waals surface area contributed by atoms with Crippen molar-refractivity contribution in [3.05, 3.63) is 29.0 Å². The summed E-state index contributed by atoms with van der Waals surface area (Å²) < 4.78 is 45.7. The molecule has 0 saturated carbocycles. The molecule has 8 heteroatoms. The number of nitrogens with one attached hydrogen (secondary N) is 2. The Bertz CT molecular complexity index is 631. The summed E-state index contributed by atoms with van der Waals surface area (Å²) in [4.78, 5) is 1.25. The molecule has 1 aliphatic heterocycles. The van der Waals surface area contributed by atoms with Crippen LogP contribution in [0.3, 0.4) is 0 Å². The Morgan fingerprint density at radius 1 is 1.36 bits per heavy atom. The lowest BCUT2D eigenvalue weighted by atomic mass is 10.0. The topological polar surface area (TPSA) is 59.8 Å². The molecule has 1 saturated heterocycles. The van der Waals surface area contributed by atoms with E-state index < -0.39 is 15.8 Å². The fourth-order valence-electron chi connectivity index (χ4n) is 2.42. The summed E-state index contributed by atoms with van der Waals surface area (Å²) in [5.74, 6) is -0.640. The predicted molar refractivity (Wildman–Crippen MR) is 82.2 cm³/mol. The normalized spacial score (nSPS) is 17.6. The number of ether oxygens (including phenoxy) is 1. The largest absolute Gasteiger partial charge is 0.370 e. The van der Waals surface area contributed by atoms with Crippen molar-refractivity contribution in [2.75, 3.05) is 32.8 Å². The minimum atomic E-state index is -3.72. The van der Waals surface area contributed by atoms with Gasteiger partial charge in [0.1, 0.15) is 24.4 Å². The molecule has 1 fully saturated rings. The van der Waals surface area contributed by atoms with Crippen molar-refractivity contribution in [2.24, 2.45) is 0 Å². The van der Waals surface area contributed by atoms with Gasteiger partial charge in [0.15, 0.2) is 0 Å². The second kappa shape index (κ2) is 6.80. The molecule has 1 heterocycles. The Labute approximate surface area is 135 Å². The Hall–Kier alpha value is -0.730. The SMILES string of the molecule is CC(C)(CNS(=O)(=O)c1ccc(F)c(Cl)c1)[NH+]1CCOCC1. The van der Waals surface area contributed by atoms with Gasteiger partial charge in [0.05, 0.1) is 29.7 Å². The van der Waals surface area contributed by atoms with E-state index in [9.17, 15) is 12.8 Å². The number of sulfonamides is 1. The van der Waals surface area contributed by atoms with Gasteiger partial charge in [-0.25, -0.2) is 17.5 Å². The highest BCUT2D eigenvalue weighted by Gasteiger charge is 2.33. The zero-order valence-electron chi connectivity index (χ0n) is 12.7. The summed E-state index contributed by atoms with van der Waals surface area (Å²) >= 11 is 5.65. The molecule has 22 heavy (non-hydrogen) atoms. The van der Waals surface area contributed by atoms with Gasteiger partial charge >= 0.3 is 0 Å². The molecular weight excluding hydrogens is 331 g/mol. The van der Waals surface area contributed by atoms with Crippen LogP contribution in [-0.2, 0) is 14.8 Å². The zero-order valence-corrected chi connectivity index (χ0v) is 14.2. The van der Waals surface area contributed by atoms with E-state index in [1.54, 1.807) is 0 Å². The molecular formula is C14H21ClFN2O3S+. The quantitative estimate of drug-likeness (QED) is 0.810. The first-order chi connectivity index (χ1) is 10.2. The Morgan fingerprint density at radius 2 is 2.00 bits per heavy atom. The molecule has 2 N–H and O–H groups in total. The van der Waals surface area contributed by atoms with E-state index in [1.165, 1.54) is 11.0 Å². The average Bonchev–Trinajstić information content (AvgIpc) is 2.49. The van der Waals surface area contributed by atoms with Crippen molar-refractivity contribution in [1.82, 2.24) is 4.72 Å². The lowest BCUT2D eigenvalue weighted by Gasteiger charge is -2.37. The first-order valence-corrected chi connectivity index (χ1v) is 8.96. The van der Waals surface area contributed by atoms with Crippen LogP contribution in [0.2, 0.25) is 5.02 Å². The van der Waals surface area contributed by atoms with Crippen molar-refractivity contribution in [3.8, 4) is 0 Å². The summed E-state index contributed by atoms with van der Waals surface area (Å²) in [6.45, 7) is 7.34. The van der Waals surface area contributed by atoms with Gasteiger partial charge in [-0.15, -0.1) is 0 Å². The van der Waals surface area contributed by atoms with E-state index in [4.69, 9.17) is 16.3 Å². The molecule has 124 valence electrons. The number of halogens is 2. The highest BCUT2D eigenvalue weighted by atomic mass is 35.5. The van der Waals surface area contributed by atoms with Crippen LogP contribution in [0.1, 0.15) is 13.8 Å². The van der Waals surface area contributed by atoms with Crippen molar-refractivity contribution in [1.29, 1.82) is 0 Å². The molecule has 0 unspecified atom stereocenters. The highest BCUT2D eigenvalue weighted by molar-refractivity contribution is 7.89. The van der Waals surface area contributed by atoms with Crippen LogP contribution in [0, 0.1) is 5.82 Å². The van der Waals surface area contributed by atoms with E-state index in [1.807, 2.05) is 13.8 Å². The van der Waals surface area contributed by atoms with E-state index >= 15 is 0 Å². The van der Waals surface area contributed by atoms with Crippen LogP contribution in [0.4, 0.5) is 4.39 Å². The smallest absolute Gasteiger partial charge is 0.240 e. The first kappa shape index (κ1) is 17.6. The number of hydrogen-bond acceptors (Lipinski definition) is 3. The molecule has 5 nitrogen and oxygen atoms in total. The summed E-state index contributed by atoms with van der Waals surface area (Å²) in [5, 5.41) is -0.207. The van der Waals surface area contributed by atoms with Gasteiger partial charge in [-0.1, -0.05) is 11.6 Å². The Balaban J connectivity index is 2.06. The molecule has 1 aliphatic rings. The van der Waals surface area contributed by atoms with Gasteiger partial charge < -0.3 is 9.64 Å². The third kappa shape index (κ3) is 4.17. The number of hydrogen-bond donors (Lipinski definition) is 2. The van der Waals surface area contributed by atoms with Crippen LogP contribution in [0.25, 0.3) is 0 Å². The maximum absolute atomic E-state index is 13.1. The van der Waals surface area contributed by atoms with Gasteiger partial charge in [0.2, 0.25) is 10.0 Å². The molecule has 0 aromatic heterocycles. The van der Waals surface area contributed by atoms with Crippen molar-refractivity contribution in [3.63, 3.8) is 0 Å². The molecule has 0 bridgehead atoms. The second-order valence-electron chi connectivity index (χ2n) is 6.00. The van der Waals surface area contributed by atoms with Gasteiger partial charge in [-0.05, 0) is 32.0 Å². The van der Waals surface area contributed by atoms with E-state index in [2.05, 4.69) is 4.72 Å². The lowest BCUT2D eigenvalue weighted by molar-refractivity contribution is -0.954. The minimum Gasteiger partial charge on any atom is -0.370 e. The van der Waals surface area contributed by atoms with E-state index in [0.717, 1.165) is 25.2 Å². The number of benzene rings is 1. The van der Waals surface area contributed by atoms with Gasteiger partial charge in [0.25, 0.3) is 0 Å². The van der Waals surface area contributed by atoms with Crippen LogP contribution < -0.4 is 9.62 Å². The monoisotopic (exact) mass is 351 g/mol. The summed E-state index contributed by atoms with van der Waals surface area (Å²) in [6, 6.07) is 3.38. The summed E-state index contributed by atoms with van der Waals surface area (Å²) in [7, 11) is -3.72. The second-order valence-corrected chi connectivity index (χ2v) is 8.17. The highest BCUT2D eigenvalue weighted by Crippen LogP contribution is 2.19. The number of rotatable bonds is 5. The van der Waals surface area contributed by atoms with Gasteiger partial charge in [-0.2, -0.15) is 0 Å². The number of morpholine rings is 1. The summed E-state index contributed by atoms with van der Waals surface area (Å²) in [5.41, 5.74) is -0.263. The van der Waals surface area contributed by atoms with Gasteiger partial charge in [0, 0.05) is 0 Å². The third-order valence-corrected chi connectivity index (χ3v) is 5.65. The molecule has 0 atom stereocenters. The van der Waals surface area contributed by atoms with Crippen molar-refractivity contribution in [2.45, 2.75) is 24.3 Å². The van der Waals surface area contributed by atoms with E-state index in [-0.39, 0.29) is 22.0 Å². The van der Waals surface area contributed by atoms with Crippen molar-refractivity contribution < 1.29 is 22.4 Å². The fraction of sp³-hybridized carbons (Fsp3) is 0.571. The fourth-order valence-corrected chi connectivity index (χ4v) is 3.91. The molecule has 0 radical (unpaired) electrons. The zero-order chi connectivity index (χ0) is 16.4. The van der Waals surface area contributed by atoms with Crippen LogP contribution >= 0.6 is 11.6 Å². The molecule has 1 aromatic carbocycles. The standard InChI is InChI=1S/C14H20ClFN2O3S/c1-14(2,18-5-7-21-8-6-18)10-17-22(19,20)11-3-4-13(16)12(15)9-11/h3-4,9,17H,5-8,10H2,1-2H3/p+1. The summed E-state index contributed by atoms with van der Waals surface area (Å²) in [6.07, 6.45) is 0. The van der Waals surface area contributed by atoms with Crippen LogP contribution in [0.5, 0.6) is 0 Å². The maximum Gasteiger partial charge on any atom is 0.240 e. The Morgan fingerprint density at radius 3 is 2.59 bits per heavy atom. The predicted octanol–water partition coefficient (Wildman–Crippen LogP) is 0.451. The Kier molecular flexibility index (Phi) is 5.45. The molecule has 0 spiro atoms. The minimum absolute atomic E-state index is 0.0355. The van der Waals surface area contributed by atoms with Crippen molar-refractivity contribution >= 4 is 21.6 Å². The van der Waals surface area contributed by atoms with Crippen LogP contribution in [-0.4, -0.2) is 46.8 Å². The molecule has 0 aliphatic carbocycles. The average molecular weight is 352 g/mol. The lowest BCUT2D eigenvalue weighted by Crippen LogP contribution is -3.22. The maximum atomic E-state index is 13.1. The third-order valence-electron chi connectivity index (χ3n) is 3.96. The molecule has 0 amide bonds.